The van der Waals surface area contributed by atoms with Crippen LogP contribution in [0.3, 0.4) is 0 Å². The van der Waals surface area contributed by atoms with Gasteiger partial charge in [-0.1, -0.05) is 0 Å². The molecule has 1 aliphatic carbocycles. The van der Waals surface area contributed by atoms with E-state index in [4.69, 9.17) is 4.74 Å². The van der Waals surface area contributed by atoms with E-state index >= 15 is 0 Å². The maximum Gasteiger partial charge on any atom is 0.251 e. The Morgan fingerprint density at radius 2 is 2.04 bits per heavy atom. The van der Waals surface area contributed by atoms with E-state index in [-0.39, 0.29) is 18.1 Å². The van der Waals surface area contributed by atoms with Crippen molar-refractivity contribution in [2.75, 3.05) is 26.0 Å². The molecular formula is C17H26N4O2. The van der Waals surface area contributed by atoms with E-state index in [1.807, 2.05) is 6.92 Å². The zero-order valence-corrected chi connectivity index (χ0v) is 14.3. The molecule has 1 aliphatic heterocycles. The monoisotopic (exact) mass is 318 g/mol. The van der Waals surface area contributed by atoms with Crippen LogP contribution < -0.4 is 5.32 Å². The highest BCUT2D eigenvalue weighted by Gasteiger charge is 2.31. The van der Waals surface area contributed by atoms with Gasteiger partial charge < -0.3 is 15.0 Å². The molecule has 126 valence electrons. The molecule has 2 atom stereocenters. The molecule has 1 N–H and O–H groups in total. The topological polar surface area (TPSA) is 67.4 Å². The second-order valence-electron chi connectivity index (χ2n) is 6.69. The summed E-state index contributed by atoms with van der Waals surface area (Å²) in [6.45, 7) is 2.64. The van der Waals surface area contributed by atoms with Crippen LogP contribution in [0.15, 0.2) is 0 Å². The summed E-state index contributed by atoms with van der Waals surface area (Å²) in [5, 5.41) is 3.44. The lowest BCUT2D eigenvalue weighted by atomic mass is 9.96. The summed E-state index contributed by atoms with van der Waals surface area (Å²) in [4.78, 5) is 22.7. The number of hydrogen-bond donors (Lipinski definition) is 1. The van der Waals surface area contributed by atoms with E-state index in [1.165, 1.54) is 24.1 Å². The van der Waals surface area contributed by atoms with Crippen LogP contribution in [0, 0.1) is 6.92 Å². The number of carbonyl (C=O) groups excluding carboxylic acids is 1. The van der Waals surface area contributed by atoms with Crippen LogP contribution in [-0.2, 0) is 22.4 Å². The van der Waals surface area contributed by atoms with Gasteiger partial charge in [0.15, 0.2) is 0 Å². The minimum Gasteiger partial charge on any atom is -0.367 e. The normalized spacial score (nSPS) is 23.4. The van der Waals surface area contributed by atoms with Crippen molar-refractivity contribution >= 4 is 11.7 Å². The summed E-state index contributed by atoms with van der Waals surface area (Å²) in [7, 11) is 3.54. The smallest absolute Gasteiger partial charge is 0.251 e. The molecule has 3 rings (SSSR count). The van der Waals surface area contributed by atoms with Crippen molar-refractivity contribution in [2.24, 2.45) is 0 Å². The van der Waals surface area contributed by atoms with Crippen LogP contribution in [0.1, 0.15) is 42.8 Å². The minimum atomic E-state index is -0.294. The summed E-state index contributed by atoms with van der Waals surface area (Å²) < 4.78 is 5.88. The SMILES string of the molecule is Cc1nc2c(c(NCC3CCC(C(=O)N(C)C)O3)n1)CCCC2. The van der Waals surface area contributed by atoms with Crippen LogP contribution in [0.25, 0.3) is 0 Å². The Morgan fingerprint density at radius 1 is 1.26 bits per heavy atom. The van der Waals surface area contributed by atoms with Crippen molar-refractivity contribution in [3.63, 3.8) is 0 Å². The number of fused-ring (bicyclic) bond motifs is 1. The fraction of sp³-hybridized carbons (Fsp3) is 0.706. The van der Waals surface area contributed by atoms with Crippen LogP contribution in [0.2, 0.25) is 0 Å². The predicted octanol–water partition coefficient (Wildman–Crippen LogP) is 1.71. The fourth-order valence-corrected chi connectivity index (χ4v) is 3.40. The first-order chi connectivity index (χ1) is 11.0. The van der Waals surface area contributed by atoms with E-state index in [0.29, 0.717) is 6.54 Å². The number of hydrogen-bond acceptors (Lipinski definition) is 5. The lowest BCUT2D eigenvalue weighted by Gasteiger charge is -2.21. The van der Waals surface area contributed by atoms with Gasteiger partial charge in [-0.2, -0.15) is 0 Å². The van der Waals surface area contributed by atoms with Gasteiger partial charge in [-0.25, -0.2) is 9.97 Å². The molecule has 1 fully saturated rings. The molecule has 2 aliphatic rings. The molecule has 6 nitrogen and oxygen atoms in total. The highest BCUT2D eigenvalue weighted by atomic mass is 16.5. The molecule has 6 heteroatoms. The van der Waals surface area contributed by atoms with Crippen LogP contribution in [0.4, 0.5) is 5.82 Å². The van der Waals surface area contributed by atoms with Gasteiger partial charge in [0.2, 0.25) is 0 Å². The van der Waals surface area contributed by atoms with Gasteiger partial charge in [0.1, 0.15) is 17.7 Å². The Kier molecular flexibility index (Phi) is 4.80. The van der Waals surface area contributed by atoms with Crippen molar-refractivity contribution in [1.82, 2.24) is 14.9 Å². The number of anilines is 1. The van der Waals surface area contributed by atoms with Crippen molar-refractivity contribution in [2.45, 2.75) is 57.7 Å². The Labute approximate surface area is 137 Å². The van der Waals surface area contributed by atoms with Gasteiger partial charge in [0.05, 0.1) is 6.10 Å². The van der Waals surface area contributed by atoms with Crippen molar-refractivity contribution < 1.29 is 9.53 Å². The van der Waals surface area contributed by atoms with E-state index < -0.39 is 0 Å². The van der Waals surface area contributed by atoms with Gasteiger partial charge in [-0.05, 0) is 45.4 Å². The fourth-order valence-electron chi connectivity index (χ4n) is 3.40. The maximum atomic E-state index is 12.0. The molecular weight excluding hydrogens is 292 g/mol. The number of aromatic nitrogens is 2. The standard InChI is InChI=1S/C17H26N4O2/c1-11-19-14-7-5-4-6-13(14)16(20-11)18-10-12-8-9-15(23-12)17(22)21(2)3/h12,15H,4-10H2,1-3H3,(H,18,19,20). The molecule has 2 heterocycles. The minimum absolute atomic E-state index is 0.0581. The van der Waals surface area contributed by atoms with Crippen LogP contribution in [-0.4, -0.2) is 53.6 Å². The zero-order valence-electron chi connectivity index (χ0n) is 14.3. The van der Waals surface area contributed by atoms with Crippen LogP contribution in [0.5, 0.6) is 0 Å². The van der Waals surface area contributed by atoms with Gasteiger partial charge in [0, 0.05) is 31.9 Å². The molecule has 0 radical (unpaired) electrons. The number of rotatable bonds is 4. The highest BCUT2D eigenvalue weighted by molar-refractivity contribution is 5.80. The molecule has 0 spiro atoms. The molecule has 0 saturated carbocycles. The third kappa shape index (κ3) is 3.63. The highest BCUT2D eigenvalue weighted by Crippen LogP contribution is 2.26. The summed E-state index contributed by atoms with van der Waals surface area (Å²) >= 11 is 0. The van der Waals surface area contributed by atoms with Gasteiger partial charge in [-0.3, -0.25) is 4.79 Å². The van der Waals surface area contributed by atoms with Crippen LogP contribution >= 0.6 is 0 Å². The molecule has 2 unspecified atom stereocenters. The third-order valence-corrected chi connectivity index (χ3v) is 4.62. The largest absolute Gasteiger partial charge is 0.367 e. The van der Waals surface area contributed by atoms with Gasteiger partial charge in [-0.15, -0.1) is 0 Å². The Bertz CT molecular complexity index is 588. The maximum absolute atomic E-state index is 12.0. The lowest BCUT2D eigenvalue weighted by Crippen LogP contribution is -2.34. The molecule has 0 bridgehead atoms. The number of aryl methyl sites for hydroxylation is 2. The second-order valence-corrected chi connectivity index (χ2v) is 6.69. The first kappa shape index (κ1) is 16.2. The first-order valence-electron chi connectivity index (χ1n) is 8.51. The van der Waals surface area contributed by atoms with E-state index in [0.717, 1.165) is 37.3 Å². The van der Waals surface area contributed by atoms with Gasteiger partial charge >= 0.3 is 0 Å². The molecule has 1 aromatic rings. The Balaban J connectivity index is 1.61. The second kappa shape index (κ2) is 6.83. The average Bonchev–Trinajstić information content (AvgIpc) is 3.00. The number of nitrogens with zero attached hydrogens (tertiary/aromatic N) is 3. The summed E-state index contributed by atoms with van der Waals surface area (Å²) in [6.07, 6.45) is 5.98. The number of ether oxygens (including phenoxy) is 1. The molecule has 0 aromatic carbocycles. The zero-order chi connectivity index (χ0) is 16.4. The average molecular weight is 318 g/mol. The molecule has 23 heavy (non-hydrogen) atoms. The Hall–Kier alpha value is -1.69. The summed E-state index contributed by atoms with van der Waals surface area (Å²) in [6, 6.07) is 0. The number of carbonyl (C=O) groups is 1. The van der Waals surface area contributed by atoms with E-state index in [1.54, 1.807) is 19.0 Å². The summed E-state index contributed by atoms with van der Waals surface area (Å²) in [5.74, 6) is 1.84. The Morgan fingerprint density at radius 3 is 2.83 bits per heavy atom. The molecule has 1 aromatic heterocycles. The van der Waals surface area contributed by atoms with Crippen molar-refractivity contribution in [3.8, 4) is 0 Å². The first-order valence-corrected chi connectivity index (χ1v) is 8.51. The number of amides is 1. The number of nitrogens with one attached hydrogen (secondary N) is 1. The van der Waals surface area contributed by atoms with Crippen molar-refractivity contribution in [1.29, 1.82) is 0 Å². The predicted molar refractivity (Wildman–Crippen MR) is 88.5 cm³/mol. The molecule has 1 amide bonds. The number of likely N-dealkylation sites (N-methyl/N-ethyl adjacent to an activating group) is 1. The van der Waals surface area contributed by atoms with Gasteiger partial charge in [0.25, 0.3) is 5.91 Å². The lowest BCUT2D eigenvalue weighted by molar-refractivity contribution is -0.140. The third-order valence-electron chi connectivity index (χ3n) is 4.62. The van der Waals surface area contributed by atoms with E-state index in [9.17, 15) is 4.79 Å². The van der Waals surface area contributed by atoms with Crippen molar-refractivity contribution in [3.05, 3.63) is 17.1 Å². The van der Waals surface area contributed by atoms with E-state index in [2.05, 4.69) is 15.3 Å². The summed E-state index contributed by atoms with van der Waals surface area (Å²) in [5.41, 5.74) is 2.46. The quantitative estimate of drug-likeness (QED) is 0.915. The molecule has 1 saturated heterocycles.